The number of hydrogen-bond donors (Lipinski definition) is 0. The average molecular weight is 134 g/mol. The molecule has 0 rings (SSSR count). The van der Waals surface area contributed by atoms with Gasteiger partial charge in [0.25, 0.3) is 0 Å². The van der Waals surface area contributed by atoms with Gasteiger partial charge in [-0.05, 0) is 20.8 Å². The van der Waals surface area contributed by atoms with Gasteiger partial charge in [0.2, 0.25) is 0 Å². The van der Waals surface area contributed by atoms with Crippen molar-refractivity contribution in [3.05, 3.63) is 0 Å². The van der Waals surface area contributed by atoms with Crippen LogP contribution in [0.3, 0.4) is 0 Å². The summed E-state index contributed by atoms with van der Waals surface area (Å²) < 4.78 is 9.29. The highest BCUT2D eigenvalue weighted by Gasteiger charge is 1.78. The van der Waals surface area contributed by atoms with Crippen molar-refractivity contribution in [1.29, 1.82) is 0 Å². The normalized spacial score (nSPS) is 8.67. The summed E-state index contributed by atoms with van der Waals surface area (Å²) in [5.74, 6) is 0. The van der Waals surface area contributed by atoms with E-state index in [9.17, 15) is 0 Å². The molecule has 2 heteroatoms. The van der Waals surface area contributed by atoms with E-state index in [0.717, 1.165) is 6.61 Å². The summed E-state index contributed by atoms with van der Waals surface area (Å²) in [5.41, 5.74) is 0. The molecule has 0 atom stereocenters. The van der Waals surface area contributed by atoms with Crippen LogP contribution in [0.1, 0.15) is 20.8 Å². The van der Waals surface area contributed by atoms with Gasteiger partial charge in [-0.3, -0.25) is 0 Å². The fraction of sp³-hybridized carbons (Fsp3) is 1.00. The smallest absolute Gasteiger partial charge is 0.0515 e. The molecule has 0 N–H and O–H groups in total. The van der Waals surface area contributed by atoms with Gasteiger partial charge in [-0.25, -0.2) is 0 Å². The predicted octanol–water partition coefficient (Wildman–Crippen LogP) is 1.69. The minimum absolute atomic E-state index is 0.384. The van der Waals surface area contributed by atoms with Gasteiger partial charge in [0, 0.05) is 20.8 Å². The third-order valence-corrected chi connectivity index (χ3v) is 0.760. The lowest BCUT2D eigenvalue weighted by Gasteiger charge is -1.94. The lowest BCUT2D eigenvalue weighted by atomic mass is 10.5. The van der Waals surface area contributed by atoms with E-state index in [1.54, 1.807) is 14.2 Å². The molecule has 0 aromatic heterocycles. The highest BCUT2D eigenvalue weighted by atomic mass is 16.5. The Bertz CT molecular complexity index is 33.9. The molecule has 0 aliphatic rings. The third-order valence-electron chi connectivity index (χ3n) is 0.760. The molecule has 0 radical (unpaired) electrons. The van der Waals surface area contributed by atoms with E-state index in [4.69, 9.17) is 4.74 Å². The number of methoxy groups -OCH3 is 2. The van der Waals surface area contributed by atoms with Gasteiger partial charge in [-0.15, -0.1) is 0 Å². The Kier molecular flexibility index (Phi) is 14.0. The molecule has 0 spiro atoms. The Balaban J connectivity index is 0. The molecule has 0 aromatic carbocycles. The standard InChI is InChI=1S/C4H10O.C3H8O/c1-4(2)5-3;1-3-4-2/h4H,1-3H3;3H2,1-2H3. The first-order valence-electron chi connectivity index (χ1n) is 3.20. The zero-order chi connectivity index (χ0) is 7.70. The van der Waals surface area contributed by atoms with E-state index in [0.29, 0.717) is 6.10 Å². The van der Waals surface area contributed by atoms with Crippen LogP contribution in [-0.2, 0) is 9.47 Å². The first-order chi connectivity index (χ1) is 4.18. The second kappa shape index (κ2) is 10.8. The second-order valence-electron chi connectivity index (χ2n) is 1.86. The molecule has 0 aliphatic heterocycles. The van der Waals surface area contributed by atoms with Crippen LogP contribution in [0.2, 0.25) is 0 Å². The molecule has 2 nitrogen and oxygen atoms in total. The molecule has 0 saturated carbocycles. The van der Waals surface area contributed by atoms with Crippen LogP contribution < -0.4 is 0 Å². The van der Waals surface area contributed by atoms with E-state index >= 15 is 0 Å². The molecule has 0 heterocycles. The first-order valence-corrected chi connectivity index (χ1v) is 3.20. The van der Waals surface area contributed by atoms with Gasteiger partial charge in [0.05, 0.1) is 6.10 Å². The fourth-order valence-electron chi connectivity index (χ4n) is 0. The van der Waals surface area contributed by atoms with Crippen LogP contribution in [0.5, 0.6) is 0 Å². The molecule has 58 valence electrons. The monoisotopic (exact) mass is 134 g/mol. The highest BCUT2D eigenvalue weighted by Crippen LogP contribution is 1.77. The summed E-state index contributed by atoms with van der Waals surface area (Å²) in [6.07, 6.45) is 0.384. The largest absolute Gasteiger partial charge is 0.385 e. The Morgan fingerprint density at radius 3 is 1.44 bits per heavy atom. The zero-order valence-corrected chi connectivity index (χ0v) is 7.10. The van der Waals surface area contributed by atoms with Crippen LogP contribution in [0, 0.1) is 0 Å². The van der Waals surface area contributed by atoms with Gasteiger partial charge in [-0.2, -0.15) is 0 Å². The molecule has 0 bridgehead atoms. The summed E-state index contributed by atoms with van der Waals surface area (Å²) in [5, 5.41) is 0. The van der Waals surface area contributed by atoms with Crippen LogP contribution in [0.15, 0.2) is 0 Å². The van der Waals surface area contributed by atoms with Crippen molar-refractivity contribution < 1.29 is 9.47 Å². The lowest BCUT2D eigenvalue weighted by molar-refractivity contribution is 0.134. The van der Waals surface area contributed by atoms with Crippen molar-refractivity contribution in [3.8, 4) is 0 Å². The SMILES string of the molecule is CCOC.COC(C)C. The van der Waals surface area contributed by atoms with Crippen molar-refractivity contribution >= 4 is 0 Å². The van der Waals surface area contributed by atoms with Crippen LogP contribution in [-0.4, -0.2) is 26.9 Å². The van der Waals surface area contributed by atoms with Gasteiger partial charge in [0.15, 0.2) is 0 Å². The van der Waals surface area contributed by atoms with Gasteiger partial charge in [-0.1, -0.05) is 0 Å². The van der Waals surface area contributed by atoms with Crippen molar-refractivity contribution in [2.45, 2.75) is 26.9 Å². The van der Waals surface area contributed by atoms with Gasteiger partial charge < -0.3 is 9.47 Å². The van der Waals surface area contributed by atoms with Crippen molar-refractivity contribution in [3.63, 3.8) is 0 Å². The van der Waals surface area contributed by atoms with Gasteiger partial charge in [0.1, 0.15) is 0 Å². The van der Waals surface area contributed by atoms with E-state index in [-0.39, 0.29) is 0 Å². The Hall–Kier alpha value is -0.0800. The van der Waals surface area contributed by atoms with Crippen LogP contribution >= 0.6 is 0 Å². The van der Waals surface area contributed by atoms with Crippen LogP contribution in [0.4, 0.5) is 0 Å². The minimum atomic E-state index is 0.384. The molecule has 9 heavy (non-hydrogen) atoms. The molecule has 0 saturated heterocycles. The van der Waals surface area contributed by atoms with Crippen LogP contribution in [0.25, 0.3) is 0 Å². The topological polar surface area (TPSA) is 18.5 Å². The quantitative estimate of drug-likeness (QED) is 0.572. The van der Waals surface area contributed by atoms with Crippen molar-refractivity contribution in [1.82, 2.24) is 0 Å². The molecule has 0 aromatic rings. The highest BCUT2D eigenvalue weighted by molar-refractivity contribution is 4.27. The average Bonchev–Trinajstić information content (AvgIpc) is 1.89. The minimum Gasteiger partial charge on any atom is -0.385 e. The Morgan fingerprint density at radius 1 is 1.22 bits per heavy atom. The fourth-order valence-corrected chi connectivity index (χ4v) is 0. The molecular formula is C7H18O2. The number of ether oxygens (including phenoxy) is 2. The second-order valence-corrected chi connectivity index (χ2v) is 1.86. The van der Waals surface area contributed by atoms with E-state index in [2.05, 4.69) is 4.74 Å². The van der Waals surface area contributed by atoms with Gasteiger partial charge >= 0.3 is 0 Å². The van der Waals surface area contributed by atoms with E-state index in [1.165, 1.54) is 0 Å². The maximum absolute atomic E-state index is 4.75. The Labute approximate surface area is 58.2 Å². The first kappa shape index (κ1) is 11.7. The Morgan fingerprint density at radius 2 is 1.44 bits per heavy atom. The third kappa shape index (κ3) is 32.6. The van der Waals surface area contributed by atoms with E-state index < -0.39 is 0 Å². The molecule has 0 aliphatic carbocycles. The van der Waals surface area contributed by atoms with Crippen molar-refractivity contribution in [2.75, 3.05) is 20.8 Å². The van der Waals surface area contributed by atoms with Crippen molar-refractivity contribution in [2.24, 2.45) is 0 Å². The molecule has 0 amide bonds. The maximum atomic E-state index is 4.75. The summed E-state index contributed by atoms with van der Waals surface area (Å²) in [7, 11) is 3.38. The molecule has 0 unspecified atom stereocenters. The zero-order valence-electron chi connectivity index (χ0n) is 7.10. The summed E-state index contributed by atoms with van der Waals surface area (Å²) in [6.45, 7) is 6.78. The lowest BCUT2D eigenvalue weighted by Crippen LogP contribution is -1.94. The molecular weight excluding hydrogens is 116 g/mol. The summed E-state index contributed by atoms with van der Waals surface area (Å²) >= 11 is 0. The summed E-state index contributed by atoms with van der Waals surface area (Å²) in [4.78, 5) is 0. The predicted molar refractivity (Wildman–Crippen MR) is 39.7 cm³/mol. The summed E-state index contributed by atoms with van der Waals surface area (Å²) in [6, 6.07) is 0. The maximum Gasteiger partial charge on any atom is 0.0515 e. The number of rotatable bonds is 2. The number of hydrogen-bond acceptors (Lipinski definition) is 2. The molecule has 0 fully saturated rings. The van der Waals surface area contributed by atoms with E-state index in [1.807, 2.05) is 20.8 Å².